The standard InChI is InChI=1S/C10H12IN3O2/c11-7-1-2-8(13-5-7)9-6-12-3-4-14(9)10(15)16/h1-2,5,9,12H,3-4,6H2,(H,15,16). The summed E-state index contributed by atoms with van der Waals surface area (Å²) in [5.41, 5.74) is 0.801. The fourth-order valence-electron chi connectivity index (χ4n) is 1.78. The van der Waals surface area contributed by atoms with E-state index in [0.29, 0.717) is 19.6 Å². The first-order valence-corrected chi connectivity index (χ1v) is 6.08. The van der Waals surface area contributed by atoms with Crippen LogP contribution in [0.5, 0.6) is 0 Å². The predicted octanol–water partition coefficient (Wildman–Crippen LogP) is 1.31. The molecule has 0 saturated carbocycles. The first-order valence-electron chi connectivity index (χ1n) is 5.00. The molecule has 16 heavy (non-hydrogen) atoms. The minimum Gasteiger partial charge on any atom is -0.465 e. The zero-order valence-electron chi connectivity index (χ0n) is 8.56. The largest absolute Gasteiger partial charge is 0.465 e. The van der Waals surface area contributed by atoms with Crippen LogP contribution in [-0.4, -0.2) is 40.7 Å². The Bertz CT molecular complexity index is 382. The number of carbonyl (C=O) groups is 1. The highest BCUT2D eigenvalue weighted by molar-refractivity contribution is 14.1. The van der Waals surface area contributed by atoms with E-state index in [1.54, 1.807) is 6.20 Å². The van der Waals surface area contributed by atoms with Crippen LogP contribution in [0.1, 0.15) is 11.7 Å². The molecule has 1 amide bonds. The first kappa shape index (κ1) is 11.6. The molecule has 86 valence electrons. The van der Waals surface area contributed by atoms with Crippen molar-refractivity contribution in [3.05, 3.63) is 27.6 Å². The Morgan fingerprint density at radius 3 is 3.06 bits per heavy atom. The molecule has 1 unspecified atom stereocenters. The molecule has 1 aliphatic rings. The molecule has 1 fully saturated rings. The summed E-state index contributed by atoms with van der Waals surface area (Å²) in [4.78, 5) is 16.8. The average Bonchev–Trinajstić information content (AvgIpc) is 2.30. The molecule has 1 atom stereocenters. The van der Waals surface area contributed by atoms with Gasteiger partial charge < -0.3 is 10.4 Å². The second-order valence-electron chi connectivity index (χ2n) is 3.60. The van der Waals surface area contributed by atoms with Crippen molar-refractivity contribution in [3.63, 3.8) is 0 Å². The highest BCUT2D eigenvalue weighted by atomic mass is 127. The van der Waals surface area contributed by atoms with Crippen LogP contribution >= 0.6 is 22.6 Å². The molecule has 0 spiro atoms. The van der Waals surface area contributed by atoms with Gasteiger partial charge in [-0.3, -0.25) is 9.88 Å². The SMILES string of the molecule is O=C(O)N1CCNCC1c1ccc(I)cn1. The zero-order chi connectivity index (χ0) is 11.5. The molecule has 5 nitrogen and oxygen atoms in total. The molecule has 2 N–H and O–H groups in total. The molecule has 6 heteroatoms. The van der Waals surface area contributed by atoms with Gasteiger partial charge in [0.15, 0.2) is 0 Å². The summed E-state index contributed by atoms with van der Waals surface area (Å²) in [6, 6.07) is 3.65. The predicted molar refractivity (Wildman–Crippen MR) is 67.3 cm³/mol. The first-order chi connectivity index (χ1) is 7.68. The maximum atomic E-state index is 11.1. The molecular formula is C10H12IN3O2. The van der Waals surface area contributed by atoms with Crippen LogP contribution in [0, 0.1) is 3.57 Å². The van der Waals surface area contributed by atoms with Gasteiger partial charge >= 0.3 is 6.09 Å². The second-order valence-corrected chi connectivity index (χ2v) is 4.84. The lowest BCUT2D eigenvalue weighted by atomic mass is 10.1. The van der Waals surface area contributed by atoms with E-state index in [9.17, 15) is 4.79 Å². The van der Waals surface area contributed by atoms with Crippen LogP contribution in [0.25, 0.3) is 0 Å². The number of nitrogens with zero attached hydrogens (tertiary/aromatic N) is 2. The summed E-state index contributed by atoms with van der Waals surface area (Å²) < 4.78 is 1.05. The van der Waals surface area contributed by atoms with Gasteiger partial charge in [0.05, 0.1) is 11.7 Å². The molecule has 2 rings (SSSR count). The highest BCUT2D eigenvalue weighted by Gasteiger charge is 2.28. The summed E-state index contributed by atoms with van der Waals surface area (Å²) in [6.07, 6.45) is 0.872. The quantitative estimate of drug-likeness (QED) is 0.761. The zero-order valence-corrected chi connectivity index (χ0v) is 10.7. The summed E-state index contributed by atoms with van der Waals surface area (Å²) in [5, 5.41) is 12.3. The van der Waals surface area contributed by atoms with Crippen LogP contribution < -0.4 is 5.32 Å². The van der Waals surface area contributed by atoms with Gasteiger partial charge in [0.2, 0.25) is 0 Å². The minimum absolute atomic E-state index is 0.178. The van der Waals surface area contributed by atoms with E-state index in [2.05, 4.69) is 32.9 Å². The topological polar surface area (TPSA) is 65.5 Å². The van der Waals surface area contributed by atoms with Gasteiger partial charge in [-0.05, 0) is 34.7 Å². The summed E-state index contributed by atoms with van der Waals surface area (Å²) >= 11 is 2.18. The van der Waals surface area contributed by atoms with Crippen molar-refractivity contribution in [2.24, 2.45) is 0 Å². The van der Waals surface area contributed by atoms with Crippen LogP contribution in [-0.2, 0) is 0 Å². The summed E-state index contributed by atoms with van der Waals surface area (Å²) in [6.45, 7) is 1.83. The molecule has 0 aromatic carbocycles. The third kappa shape index (κ3) is 2.43. The van der Waals surface area contributed by atoms with E-state index >= 15 is 0 Å². The van der Waals surface area contributed by atoms with Crippen molar-refractivity contribution < 1.29 is 9.90 Å². The maximum absolute atomic E-state index is 11.1. The molecule has 0 radical (unpaired) electrons. The molecule has 2 heterocycles. The minimum atomic E-state index is -0.883. The van der Waals surface area contributed by atoms with E-state index in [1.165, 1.54) is 4.90 Å². The average molecular weight is 333 g/mol. The molecule has 0 aliphatic carbocycles. The Labute approximate surface area is 107 Å². The Hall–Kier alpha value is -0.890. The number of pyridine rings is 1. The lowest BCUT2D eigenvalue weighted by Gasteiger charge is -2.33. The van der Waals surface area contributed by atoms with Crippen LogP contribution in [0.4, 0.5) is 4.79 Å². The number of halogens is 1. The van der Waals surface area contributed by atoms with E-state index in [1.807, 2.05) is 12.1 Å². The fourth-order valence-corrected chi connectivity index (χ4v) is 2.10. The number of hydrogen-bond donors (Lipinski definition) is 2. The van der Waals surface area contributed by atoms with Crippen LogP contribution in [0.2, 0.25) is 0 Å². The van der Waals surface area contributed by atoms with E-state index in [-0.39, 0.29) is 6.04 Å². The maximum Gasteiger partial charge on any atom is 0.407 e. The molecule has 1 aliphatic heterocycles. The van der Waals surface area contributed by atoms with Gasteiger partial charge in [0.1, 0.15) is 0 Å². The van der Waals surface area contributed by atoms with Crippen molar-refractivity contribution in [1.29, 1.82) is 0 Å². The van der Waals surface area contributed by atoms with Crippen LogP contribution in [0.15, 0.2) is 18.3 Å². The van der Waals surface area contributed by atoms with E-state index in [0.717, 1.165) is 9.26 Å². The fraction of sp³-hybridized carbons (Fsp3) is 0.400. The third-order valence-electron chi connectivity index (χ3n) is 2.58. The number of aromatic nitrogens is 1. The van der Waals surface area contributed by atoms with E-state index in [4.69, 9.17) is 5.11 Å². The number of nitrogens with one attached hydrogen (secondary N) is 1. The summed E-state index contributed by atoms with van der Waals surface area (Å²) in [5.74, 6) is 0. The summed E-state index contributed by atoms with van der Waals surface area (Å²) in [7, 11) is 0. The Morgan fingerprint density at radius 1 is 1.62 bits per heavy atom. The monoisotopic (exact) mass is 333 g/mol. The van der Waals surface area contributed by atoms with E-state index < -0.39 is 6.09 Å². The Kier molecular flexibility index (Phi) is 3.59. The van der Waals surface area contributed by atoms with Crippen molar-refractivity contribution >= 4 is 28.7 Å². The van der Waals surface area contributed by atoms with Crippen molar-refractivity contribution in [2.45, 2.75) is 6.04 Å². The number of amides is 1. The normalized spacial score (nSPS) is 20.8. The third-order valence-corrected chi connectivity index (χ3v) is 3.22. The van der Waals surface area contributed by atoms with Gasteiger partial charge in [-0.25, -0.2) is 4.79 Å². The van der Waals surface area contributed by atoms with Crippen molar-refractivity contribution in [3.8, 4) is 0 Å². The molecular weight excluding hydrogens is 321 g/mol. The van der Waals surface area contributed by atoms with Crippen molar-refractivity contribution in [2.75, 3.05) is 19.6 Å². The van der Waals surface area contributed by atoms with Gasteiger partial charge in [0.25, 0.3) is 0 Å². The molecule has 0 bridgehead atoms. The van der Waals surface area contributed by atoms with Gasteiger partial charge in [-0.1, -0.05) is 0 Å². The number of piperazine rings is 1. The Morgan fingerprint density at radius 2 is 2.44 bits per heavy atom. The van der Waals surface area contributed by atoms with Gasteiger partial charge in [0, 0.05) is 29.4 Å². The Balaban J connectivity index is 2.23. The highest BCUT2D eigenvalue weighted by Crippen LogP contribution is 2.20. The lowest BCUT2D eigenvalue weighted by Crippen LogP contribution is -2.48. The lowest BCUT2D eigenvalue weighted by molar-refractivity contribution is 0.111. The molecule has 1 aromatic heterocycles. The van der Waals surface area contributed by atoms with Crippen LogP contribution in [0.3, 0.4) is 0 Å². The van der Waals surface area contributed by atoms with Gasteiger partial charge in [-0.15, -0.1) is 0 Å². The smallest absolute Gasteiger partial charge is 0.407 e. The van der Waals surface area contributed by atoms with Gasteiger partial charge in [-0.2, -0.15) is 0 Å². The number of rotatable bonds is 1. The number of carboxylic acid groups (broad SMARTS) is 1. The number of hydrogen-bond acceptors (Lipinski definition) is 3. The second kappa shape index (κ2) is 4.96. The van der Waals surface area contributed by atoms with Crippen molar-refractivity contribution in [1.82, 2.24) is 15.2 Å². The molecule has 1 aromatic rings. The molecule has 1 saturated heterocycles.